The van der Waals surface area contributed by atoms with Gasteiger partial charge < -0.3 is 20.3 Å². The number of rotatable bonds is 19. The molecule has 0 unspecified atom stereocenters. The van der Waals surface area contributed by atoms with Gasteiger partial charge in [-0.2, -0.15) is 0 Å². The molecule has 0 saturated heterocycles. The molecule has 0 radical (unpaired) electrons. The molecule has 0 aliphatic heterocycles. The zero-order valence-corrected chi connectivity index (χ0v) is 16.2. The van der Waals surface area contributed by atoms with E-state index in [1.807, 2.05) is 4.90 Å². The SMILES string of the molecule is CCCCCCCCCC(=O)NCCCOCCN(CCO)CCO. The van der Waals surface area contributed by atoms with Crippen molar-refractivity contribution in [2.45, 2.75) is 64.7 Å². The van der Waals surface area contributed by atoms with Gasteiger partial charge in [-0.25, -0.2) is 0 Å². The summed E-state index contributed by atoms with van der Waals surface area (Å²) in [6.07, 6.45) is 10.0. The largest absolute Gasteiger partial charge is 0.395 e. The molecule has 0 aliphatic carbocycles. The van der Waals surface area contributed by atoms with Crippen molar-refractivity contribution in [2.24, 2.45) is 0 Å². The third kappa shape index (κ3) is 17.9. The third-order valence-electron chi connectivity index (χ3n) is 4.18. The van der Waals surface area contributed by atoms with E-state index in [1.165, 1.54) is 32.1 Å². The van der Waals surface area contributed by atoms with Gasteiger partial charge in [-0.3, -0.25) is 9.69 Å². The van der Waals surface area contributed by atoms with Gasteiger partial charge in [0.15, 0.2) is 0 Å². The van der Waals surface area contributed by atoms with Crippen LogP contribution in [0.1, 0.15) is 64.7 Å². The number of hydrogen-bond acceptors (Lipinski definition) is 5. The van der Waals surface area contributed by atoms with E-state index in [-0.39, 0.29) is 19.1 Å². The fourth-order valence-electron chi connectivity index (χ4n) is 2.65. The summed E-state index contributed by atoms with van der Waals surface area (Å²) in [5, 5.41) is 20.8. The van der Waals surface area contributed by atoms with E-state index < -0.39 is 0 Å². The highest BCUT2D eigenvalue weighted by atomic mass is 16.5. The fraction of sp³-hybridized carbons (Fsp3) is 0.947. The first-order valence-corrected chi connectivity index (χ1v) is 10.0. The number of nitrogens with one attached hydrogen (secondary N) is 1. The summed E-state index contributed by atoms with van der Waals surface area (Å²) in [5.41, 5.74) is 0. The first kappa shape index (κ1) is 24.3. The van der Waals surface area contributed by atoms with E-state index in [1.54, 1.807) is 0 Å². The molecule has 0 heterocycles. The van der Waals surface area contributed by atoms with Crippen LogP contribution in [-0.4, -0.2) is 73.6 Å². The minimum Gasteiger partial charge on any atom is -0.395 e. The number of carbonyl (C=O) groups excluding carboxylic acids is 1. The molecular formula is C19H40N2O4. The van der Waals surface area contributed by atoms with Crippen LogP contribution in [-0.2, 0) is 9.53 Å². The molecule has 0 aromatic carbocycles. The predicted octanol–water partition coefficient (Wildman–Crippen LogP) is 1.94. The average molecular weight is 361 g/mol. The van der Waals surface area contributed by atoms with Crippen molar-refractivity contribution in [2.75, 3.05) is 52.6 Å². The van der Waals surface area contributed by atoms with Gasteiger partial charge in [0.2, 0.25) is 5.91 Å². The Labute approximate surface area is 153 Å². The summed E-state index contributed by atoms with van der Waals surface area (Å²) in [7, 11) is 0. The highest BCUT2D eigenvalue weighted by Crippen LogP contribution is 2.08. The van der Waals surface area contributed by atoms with Crippen molar-refractivity contribution in [3.05, 3.63) is 0 Å². The van der Waals surface area contributed by atoms with Gasteiger partial charge in [-0.15, -0.1) is 0 Å². The minimum absolute atomic E-state index is 0.0881. The number of nitrogens with zero attached hydrogens (tertiary/aromatic N) is 1. The lowest BCUT2D eigenvalue weighted by Crippen LogP contribution is -2.33. The smallest absolute Gasteiger partial charge is 0.219 e. The lowest BCUT2D eigenvalue weighted by atomic mass is 10.1. The maximum atomic E-state index is 11.7. The Hall–Kier alpha value is -0.690. The van der Waals surface area contributed by atoms with E-state index in [0.29, 0.717) is 45.8 Å². The van der Waals surface area contributed by atoms with E-state index in [0.717, 1.165) is 19.3 Å². The molecule has 0 spiro atoms. The van der Waals surface area contributed by atoms with Crippen LogP contribution in [0.4, 0.5) is 0 Å². The predicted molar refractivity (Wildman–Crippen MR) is 102 cm³/mol. The van der Waals surface area contributed by atoms with Crippen molar-refractivity contribution in [1.29, 1.82) is 0 Å². The molecule has 0 saturated carbocycles. The topological polar surface area (TPSA) is 82.0 Å². The quantitative estimate of drug-likeness (QED) is 0.307. The third-order valence-corrected chi connectivity index (χ3v) is 4.18. The van der Waals surface area contributed by atoms with Crippen molar-refractivity contribution in [3.63, 3.8) is 0 Å². The molecule has 25 heavy (non-hydrogen) atoms. The Kier molecular flexibility index (Phi) is 19.1. The van der Waals surface area contributed by atoms with Crippen LogP contribution in [0, 0.1) is 0 Å². The second-order valence-corrected chi connectivity index (χ2v) is 6.48. The van der Waals surface area contributed by atoms with Crippen LogP contribution in [0.2, 0.25) is 0 Å². The van der Waals surface area contributed by atoms with Gasteiger partial charge in [0.25, 0.3) is 0 Å². The van der Waals surface area contributed by atoms with E-state index in [9.17, 15) is 4.79 Å². The zero-order chi connectivity index (χ0) is 18.6. The summed E-state index contributed by atoms with van der Waals surface area (Å²) >= 11 is 0. The van der Waals surface area contributed by atoms with Crippen LogP contribution in [0.3, 0.4) is 0 Å². The normalized spacial score (nSPS) is 11.2. The van der Waals surface area contributed by atoms with E-state index in [2.05, 4.69) is 12.2 Å². The molecule has 0 atom stereocenters. The molecule has 0 rings (SSSR count). The molecule has 6 nitrogen and oxygen atoms in total. The summed E-state index contributed by atoms with van der Waals surface area (Å²) < 4.78 is 5.53. The molecule has 0 aromatic rings. The Morgan fingerprint density at radius 2 is 1.52 bits per heavy atom. The number of carbonyl (C=O) groups is 1. The van der Waals surface area contributed by atoms with Crippen LogP contribution in [0.15, 0.2) is 0 Å². The molecular weight excluding hydrogens is 320 g/mol. The van der Waals surface area contributed by atoms with Gasteiger partial charge in [0, 0.05) is 39.2 Å². The number of aliphatic hydroxyl groups is 2. The second-order valence-electron chi connectivity index (χ2n) is 6.48. The number of amides is 1. The van der Waals surface area contributed by atoms with Crippen molar-refractivity contribution >= 4 is 5.91 Å². The number of aliphatic hydroxyl groups excluding tert-OH is 2. The first-order chi connectivity index (χ1) is 12.2. The molecule has 0 bridgehead atoms. The Bertz CT molecular complexity index is 285. The lowest BCUT2D eigenvalue weighted by molar-refractivity contribution is -0.121. The Morgan fingerprint density at radius 1 is 0.880 bits per heavy atom. The van der Waals surface area contributed by atoms with Crippen molar-refractivity contribution < 1.29 is 19.7 Å². The first-order valence-electron chi connectivity index (χ1n) is 10.0. The molecule has 0 aromatic heterocycles. The molecule has 0 fully saturated rings. The second kappa shape index (κ2) is 19.6. The monoisotopic (exact) mass is 360 g/mol. The number of ether oxygens (including phenoxy) is 1. The molecule has 3 N–H and O–H groups in total. The fourth-order valence-corrected chi connectivity index (χ4v) is 2.65. The Morgan fingerprint density at radius 3 is 2.16 bits per heavy atom. The van der Waals surface area contributed by atoms with Crippen LogP contribution >= 0.6 is 0 Å². The van der Waals surface area contributed by atoms with Gasteiger partial charge in [-0.1, -0.05) is 45.4 Å². The highest BCUT2D eigenvalue weighted by molar-refractivity contribution is 5.75. The lowest BCUT2D eigenvalue weighted by Gasteiger charge is -2.19. The Balaban J connectivity index is 3.34. The standard InChI is InChI=1S/C19H40N2O4/c1-2-3-4-5-6-7-8-10-19(24)20-11-9-17-25-18-14-21(12-15-22)13-16-23/h22-23H,2-18H2,1H3,(H,20,24). The van der Waals surface area contributed by atoms with E-state index in [4.69, 9.17) is 14.9 Å². The molecule has 6 heteroatoms. The summed E-state index contributed by atoms with van der Waals surface area (Å²) in [4.78, 5) is 13.7. The van der Waals surface area contributed by atoms with E-state index >= 15 is 0 Å². The molecule has 1 amide bonds. The maximum Gasteiger partial charge on any atom is 0.219 e. The number of unbranched alkanes of at least 4 members (excludes halogenated alkanes) is 6. The zero-order valence-electron chi connectivity index (χ0n) is 16.2. The molecule has 0 aliphatic rings. The average Bonchev–Trinajstić information content (AvgIpc) is 2.60. The van der Waals surface area contributed by atoms with Crippen molar-refractivity contribution in [3.8, 4) is 0 Å². The maximum absolute atomic E-state index is 11.7. The van der Waals surface area contributed by atoms with Gasteiger partial charge in [-0.05, 0) is 12.8 Å². The summed E-state index contributed by atoms with van der Waals surface area (Å²) in [6, 6.07) is 0. The van der Waals surface area contributed by atoms with Crippen LogP contribution in [0.5, 0.6) is 0 Å². The van der Waals surface area contributed by atoms with Gasteiger partial charge in [0.1, 0.15) is 0 Å². The highest BCUT2D eigenvalue weighted by Gasteiger charge is 2.03. The van der Waals surface area contributed by atoms with Crippen molar-refractivity contribution in [1.82, 2.24) is 10.2 Å². The summed E-state index contributed by atoms with van der Waals surface area (Å²) in [6.45, 7) is 6.05. The van der Waals surface area contributed by atoms with Gasteiger partial charge >= 0.3 is 0 Å². The van der Waals surface area contributed by atoms with Gasteiger partial charge in [0.05, 0.1) is 19.8 Å². The minimum atomic E-state index is 0.0881. The van der Waals surface area contributed by atoms with Crippen LogP contribution < -0.4 is 5.32 Å². The van der Waals surface area contributed by atoms with Crippen LogP contribution in [0.25, 0.3) is 0 Å². The molecule has 150 valence electrons. The summed E-state index contributed by atoms with van der Waals surface area (Å²) in [5.74, 6) is 0.144. The number of hydrogen-bond donors (Lipinski definition) is 3.